The molecule has 2 aromatic carbocycles. The fraction of sp³-hybridized carbons (Fsp3) is 0.500. The summed E-state index contributed by atoms with van der Waals surface area (Å²) in [6.07, 6.45) is 19.9. The summed E-state index contributed by atoms with van der Waals surface area (Å²) < 4.78 is 29.6. The van der Waals surface area contributed by atoms with Crippen LogP contribution in [-0.4, -0.2) is 103 Å². The van der Waals surface area contributed by atoms with E-state index in [1.54, 1.807) is 24.5 Å². The number of H-pyrrole nitrogens is 1. The minimum Gasteiger partial charge on any atom is -0.504 e. The first-order valence-electron chi connectivity index (χ1n) is 30.4. The van der Waals surface area contributed by atoms with Gasteiger partial charge < -0.3 is 70.6 Å². The molecule has 18 nitrogen and oxygen atoms in total. The zero-order chi connectivity index (χ0) is 57.5. The quantitative estimate of drug-likeness (QED) is 0.0262. The molecule has 8 aliphatic rings. The van der Waals surface area contributed by atoms with Crippen LogP contribution in [0.3, 0.4) is 0 Å². The molecule has 3 saturated carbocycles. The standard InChI is InChI=1S/C66H77N9O9/c1-39(76)82-55-34-54(45-32-52(78)60(79)57(33-45)81-29-22-41-9-6-25-68-36-41)84-61-47(55)17-15-46-16-18-48-53-13-5-24-66(48)59(62(75-37-44-21-28-69-50(44)38-75)73-64(74-66)71-26-7-8-40-20-27-70-58(67)31-40)63(80)72-49-12-3-2-10-43(49)11-4-23-65(46,61)35-42-14-19-51(77)56(30-42)83-53/h6,9,14,19-21,25,28,30-33,36-38,43,46-49,53-55,59,61-63,69-70,72,77-80H,2-3,5,7-8,10,12-13,15,17,22-24,26-27,29,34-35,67H2,1H3,(H2,71,73,74)/t43-,46+,47+,48-,49+,53+,54+,55+,59-,61-,62+,63-,65-,66+/m1/s1. The fourth-order valence-corrected chi connectivity index (χ4v) is 15.5. The molecule has 8 heterocycles. The molecule has 4 bridgehead atoms. The Labute approximate surface area is 490 Å². The summed E-state index contributed by atoms with van der Waals surface area (Å²) in [5, 5.41) is 63.8. The molecule has 14 atom stereocenters. The average molecular weight is 1140 g/mol. The molecule has 5 aromatic rings. The molecular formula is C66H77N9O9. The monoisotopic (exact) mass is 1140 g/mol. The lowest BCUT2D eigenvalue weighted by Crippen LogP contribution is -2.75. The van der Waals surface area contributed by atoms with Crippen LogP contribution in [0.5, 0.6) is 28.7 Å². The third-order valence-corrected chi connectivity index (χ3v) is 19.4. The van der Waals surface area contributed by atoms with E-state index in [0.29, 0.717) is 87.5 Å². The number of esters is 1. The Balaban J connectivity index is 0.957. The van der Waals surface area contributed by atoms with Crippen LogP contribution in [0.15, 0.2) is 108 Å². The molecule has 84 heavy (non-hydrogen) atoms. The van der Waals surface area contributed by atoms with Crippen molar-refractivity contribution < 1.29 is 44.2 Å². The van der Waals surface area contributed by atoms with Gasteiger partial charge in [0.2, 0.25) is 5.75 Å². The van der Waals surface area contributed by atoms with Gasteiger partial charge >= 0.3 is 5.97 Å². The molecule has 3 aromatic heterocycles. The highest BCUT2D eigenvalue weighted by Gasteiger charge is 2.61. The number of guanidine groups is 1. The van der Waals surface area contributed by atoms with Crippen LogP contribution < -0.4 is 36.5 Å². The number of carbonyl (C=O) groups excluding carboxylic acids is 1. The molecule has 13 rings (SSSR count). The first-order chi connectivity index (χ1) is 40.9. The SMILES string of the molecule is CC(=O)O[C@H]1C[C@@H](c2cc(O)c(O)c(OCCc3cccnc3)c2)O[C@@H]2[C@H]1CC[C@H]1C#C[C@@H]3[C@@H]4CCC[C@]35NC(=NCCCC3=CCNC(N)=C3)N[C@@H](n3cc6cc[nH]c6c3)[C@@H]5[C@@H](O)N[C@H]3CCCC[C@@H]3C#CC[C@@]12Cc1ccc(O)c(c1)O4. The molecule has 2 saturated heterocycles. The van der Waals surface area contributed by atoms with Crippen molar-refractivity contribution in [3.63, 3.8) is 0 Å². The summed E-state index contributed by atoms with van der Waals surface area (Å²) in [5.74, 6) is 14.4. The van der Waals surface area contributed by atoms with Gasteiger partial charge in [-0.2, -0.15) is 0 Å². The van der Waals surface area contributed by atoms with Crippen LogP contribution in [0.1, 0.15) is 119 Å². The minimum absolute atomic E-state index is 0.00672. The number of fused-ring (bicyclic) bond motifs is 5. The number of nitrogens with one attached hydrogen (secondary N) is 5. The number of aliphatic hydroxyl groups is 1. The van der Waals surface area contributed by atoms with E-state index in [1.165, 1.54) is 18.6 Å². The van der Waals surface area contributed by atoms with Gasteiger partial charge in [-0.05, 0) is 129 Å². The third-order valence-electron chi connectivity index (χ3n) is 19.4. The second-order valence-electron chi connectivity index (χ2n) is 24.6. The predicted molar refractivity (Wildman–Crippen MR) is 316 cm³/mol. The number of carbonyl (C=O) groups is 1. The lowest BCUT2D eigenvalue weighted by atomic mass is 9.55. The number of aromatic hydroxyl groups is 3. The number of dihydropyridines is 1. The number of aromatic nitrogens is 3. The number of aliphatic hydroxyl groups excluding tert-OH is 1. The van der Waals surface area contributed by atoms with Gasteiger partial charge in [-0.15, -0.1) is 5.92 Å². The Hall–Kier alpha value is -7.77. The van der Waals surface area contributed by atoms with E-state index in [4.69, 9.17) is 29.7 Å². The molecule has 5 aliphatic heterocycles. The van der Waals surface area contributed by atoms with Gasteiger partial charge in [0.05, 0.1) is 47.5 Å². The van der Waals surface area contributed by atoms with E-state index in [2.05, 4.69) is 84.0 Å². The maximum Gasteiger partial charge on any atom is 0.302 e. The number of hydrogen-bond donors (Lipinski definition) is 10. The summed E-state index contributed by atoms with van der Waals surface area (Å²) in [6, 6.07) is 14.6. The second kappa shape index (κ2) is 23.4. The summed E-state index contributed by atoms with van der Waals surface area (Å²) in [5.41, 5.74) is 8.92. The number of rotatable bonds is 11. The van der Waals surface area contributed by atoms with E-state index in [1.807, 2.05) is 36.5 Å². The Bertz CT molecular complexity index is 3450. The van der Waals surface area contributed by atoms with E-state index >= 15 is 0 Å². The highest BCUT2D eigenvalue weighted by Crippen LogP contribution is 2.58. The maximum atomic E-state index is 13.4. The zero-order valence-corrected chi connectivity index (χ0v) is 47.6. The third kappa shape index (κ3) is 10.9. The van der Waals surface area contributed by atoms with Gasteiger partial charge in [0.15, 0.2) is 29.0 Å². The lowest BCUT2D eigenvalue weighted by molar-refractivity contribution is -0.219. The lowest BCUT2D eigenvalue weighted by Gasteiger charge is -2.57. The van der Waals surface area contributed by atoms with Crippen LogP contribution >= 0.6 is 0 Å². The van der Waals surface area contributed by atoms with E-state index in [0.717, 1.165) is 67.0 Å². The molecule has 0 radical (unpaired) electrons. The van der Waals surface area contributed by atoms with Gasteiger partial charge in [0.1, 0.15) is 24.6 Å². The fourth-order valence-electron chi connectivity index (χ4n) is 15.5. The normalized spacial score (nSPS) is 32.8. The number of aliphatic imine (C=N–C) groups is 1. The van der Waals surface area contributed by atoms with Gasteiger partial charge in [0.25, 0.3) is 0 Å². The summed E-state index contributed by atoms with van der Waals surface area (Å²) >= 11 is 0. The van der Waals surface area contributed by atoms with Crippen LogP contribution in [-0.2, 0) is 27.1 Å². The number of allylic oxidation sites excluding steroid dienone is 2. The van der Waals surface area contributed by atoms with Crippen molar-refractivity contribution in [1.29, 1.82) is 0 Å². The number of phenolic OH excluding ortho intramolecular Hbond substituents is 3. The van der Waals surface area contributed by atoms with Crippen LogP contribution in [0.25, 0.3) is 10.9 Å². The Morgan fingerprint density at radius 2 is 1.90 bits per heavy atom. The summed E-state index contributed by atoms with van der Waals surface area (Å²) in [7, 11) is 0. The van der Waals surface area contributed by atoms with Crippen LogP contribution in [0.2, 0.25) is 0 Å². The van der Waals surface area contributed by atoms with Gasteiger partial charge in [-0.1, -0.05) is 48.8 Å². The van der Waals surface area contributed by atoms with Crippen molar-refractivity contribution >= 4 is 22.8 Å². The topological polar surface area (TPSA) is 255 Å². The van der Waals surface area contributed by atoms with Crippen LogP contribution in [0.4, 0.5) is 0 Å². The molecule has 0 unspecified atom stereocenters. The first kappa shape index (κ1) is 55.4. The van der Waals surface area contributed by atoms with Gasteiger partial charge in [-0.3, -0.25) is 20.1 Å². The van der Waals surface area contributed by atoms with E-state index in [-0.39, 0.29) is 53.4 Å². The number of benzene rings is 2. The van der Waals surface area contributed by atoms with Gasteiger partial charge in [0, 0.05) is 105 Å². The molecule has 0 amide bonds. The highest BCUT2D eigenvalue weighted by atomic mass is 16.6. The van der Waals surface area contributed by atoms with Crippen LogP contribution in [0, 0.1) is 58.7 Å². The largest absolute Gasteiger partial charge is 0.504 e. The smallest absolute Gasteiger partial charge is 0.302 e. The summed E-state index contributed by atoms with van der Waals surface area (Å²) in [6.45, 7) is 2.86. The Kier molecular flexibility index (Phi) is 15.4. The van der Waals surface area contributed by atoms with E-state index in [9.17, 15) is 25.2 Å². The number of hydrogen-bond acceptors (Lipinski definition) is 14. The molecule has 440 valence electrons. The Morgan fingerprint density at radius 3 is 2.76 bits per heavy atom. The number of nitrogens with two attached hydrogens (primary N) is 1. The molecule has 1 spiro atoms. The summed E-state index contributed by atoms with van der Waals surface area (Å²) in [4.78, 5) is 26.2. The minimum atomic E-state index is -1.06. The van der Waals surface area contributed by atoms with Crippen molar-refractivity contribution in [2.45, 2.75) is 152 Å². The number of aromatic amines is 1. The van der Waals surface area contributed by atoms with Crippen molar-refractivity contribution in [2.24, 2.45) is 45.7 Å². The number of nitrogens with zero attached hydrogens (tertiary/aromatic N) is 3. The molecule has 11 N–H and O–H groups in total. The van der Waals surface area contributed by atoms with Crippen molar-refractivity contribution in [3.05, 3.63) is 120 Å². The predicted octanol–water partition coefficient (Wildman–Crippen LogP) is 7.77. The number of phenols is 3. The molecule has 3 aliphatic carbocycles. The highest BCUT2D eigenvalue weighted by molar-refractivity contribution is 5.83. The van der Waals surface area contributed by atoms with Gasteiger partial charge in [-0.25, -0.2) is 0 Å². The molecular weight excluding hydrogens is 1060 g/mol. The average Bonchev–Trinajstić information content (AvgIpc) is 1.17. The zero-order valence-electron chi connectivity index (χ0n) is 47.6. The molecule has 5 fully saturated rings. The number of ether oxygens (including phenoxy) is 4. The number of pyridine rings is 1. The van der Waals surface area contributed by atoms with Crippen molar-refractivity contribution in [1.82, 2.24) is 35.8 Å². The van der Waals surface area contributed by atoms with Crippen molar-refractivity contribution in [2.75, 3.05) is 19.7 Å². The second-order valence-corrected chi connectivity index (χ2v) is 24.6. The van der Waals surface area contributed by atoms with Crippen molar-refractivity contribution in [3.8, 4) is 52.4 Å². The maximum absolute atomic E-state index is 13.4. The molecule has 18 heteroatoms. The first-order valence-corrected chi connectivity index (χ1v) is 30.4. The van der Waals surface area contributed by atoms with E-state index < -0.39 is 65.6 Å². The Morgan fingerprint density at radius 1 is 1.00 bits per heavy atom.